The van der Waals surface area contributed by atoms with Crippen LogP contribution < -0.4 is 0 Å². The van der Waals surface area contributed by atoms with Gasteiger partial charge >= 0.3 is 0 Å². The fraction of sp³-hybridized carbons (Fsp3) is 1.00. The summed E-state index contributed by atoms with van der Waals surface area (Å²) in [5, 5.41) is 7.14. The Hall–Kier alpha value is -0.110. The second-order valence-electron chi connectivity index (χ2n) is 3.20. The zero-order chi connectivity index (χ0) is 6.54. The molecule has 1 saturated carbocycles. The van der Waals surface area contributed by atoms with E-state index in [-0.39, 0.29) is 5.41 Å². The van der Waals surface area contributed by atoms with Crippen molar-refractivity contribution in [2.45, 2.75) is 31.3 Å². The largest absolute Gasteiger partial charge is 0.268 e. The van der Waals surface area contributed by atoms with Crippen LogP contribution in [0.3, 0.4) is 0 Å². The normalized spacial score (nSPS) is 33.6. The van der Waals surface area contributed by atoms with Crippen LogP contribution in [0.4, 0.5) is 0 Å². The minimum atomic E-state index is -0.495. The summed E-state index contributed by atoms with van der Waals surface area (Å²) in [6, 6.07) is 0. The monoisotopic (exact) mass is 144 g/mol. The molecule has 0 aromatic carbocycles. The molecule has 0 unspecified atom stereocenters. The van der Waals surface area contributed by atoms with Crippen molar-refractivity contribution >= 4 is 11.6 Å². The average molecular weight is 145 g/mol. The van der Waals surface area contributed by atoms with Crippen LogP contribution in [0.1, 0.15) is 26.2 Å². The molecule has 2 rings (SSSR count). The lowest BCUT2D eigenvalue weighted by molar-refractivity contribution is 0.134. The Bertz CT molecular complexity index is 166. The van der Waals surface area contributed by atoms with E-state index >= 15 is 0 Å². The van der Waals surface area contributed by atoms with Crippen molar-refractivity contribution in [2.75, 3.05) is 0 Å². The summed E-state index contributed by atoms with van der Waals surface area (Å²) in [6.45, 7) is 2.16. The van der Waals surface area contributed by atoms with Crippen LogP contribution in [0.25, 0.3) is 0 Å². The van der Waals surface area contributed by atoms with E-state index in [1.54, 1.807) is 0 Å². The number of nitrogens with zero attached hydrogens (tertiary/aromatic N) is 2. The molecule has 0 bridgehead atoms. The van der Waals surface area contributed by atoms with Gasteiger partial charge in [0.25, 0.3) is 5.12 Å². The maximum Gasteiger partial charge on any atom is 0.268 e. The fourth-order valence-corrected chi connectivity index (χ4v) is 1.54. The fourth-order valence-electron chi connectivity index (χ4n) is 1.31. The number of halogens is 1. The minimum Gasteiger partial charge on any atom is -0.140 e. The van der Waals surface area contributed by atoms with Crippen molar-refractivity contribution in [2.24, 2.45) is 15.6 Å². The van der Waals surface area contributed by atoms with Crippen LogP contribution in [-0.4, -0.2) is 5.12 Å². The van der Waals surface area contributed by atoms with E-state index in [0.717, 1.165) is 0 Å². The highest BCUT2D eigenvalue weighted by Gasteiger charge is 2.58. The number of hydrogen-bond donors (Lipinski definition) is 0. The molecule has 0 amide bonds. The molecule has 0 radical (unpaired) electrons. The maximum atomic E-state index is 5.95. The number of hydrogen-bond acceptors (Lipinski definition) is 2. The van der Waals surface area contributed by atoms with Gasteiger partial charge in [0.15, 0.2) is 0 Å². The predicted octanol–water partition coefficient (Wildman–Crippen LogP) is 2.54. The van der Waals surface area contributed by atoms with Gasteiger partial charge in [0.1, 0.15) is 0 Å². The minimum absolute atomic E-state index is 0.203. The van der Waals surface area contributed by atoms with Crippen molar-refractivity contribution in [3.8, 4) is 0 Å². The standard InChI is InChI=1S/C6H9ClN2/c1-5(3-2-4-5)6(7)8-9-6/h2-4H2,1H3. The lowest BCUT2D eigenvalue weighted by Crippen LogP contribution is -2.37. The van der Waals surface area contributed by atoms with Gasteiger partial charge in [-0.1, -0.05) is 24.9 Å². The Labute approximate surface area is 59.3 Å². The second kappa shape index (κ2) is 1.31. The second-order valence-corrected chi connectivity index (χ2v) is 3.73. The van der Waals surface area contributed by atoms with Gasteiger partial charge in [-0.05, 0) is 12.8 Å². The highest BCUT2D eigenvalue weighted by Crippen LogP contribution is 2.59. The molecule has 2 nitrogen and oxygen atoms in total. The van der Waals surface area contributed by atoms with E-state index < -0.39 is 5.12 Å². The number of alkyl halides is 1. The highest BCUT2D eigenvalue weighted by molar-refractivity contribution is 6.25. The molecule has 1 heterocycles. The first-order chi connectivity index (χ1) is 4.16. The van der Waals surface area contributed by atoms with E-state index in [4.69, 9.17) is 11.6 Å². The summed E-state index contributed by atoms with van der Waals surface area (Å²) in [5.74, 6) is 0. The van der Waals surface area contributed by atoms with Crippen molar-refractivity contribution in [3.05, 3.63) is 0 Å². The zero-order valence-corrected chi connectivity index (χ0v) is 6.15. The lowest BCUT2D eigenvalue weighted by atomic mass is 9.69. The summed E-state index contributed by atoms with van der Waals surface area (Å²) in [7, 11) is 0. The smallest absolute Gasteiger partial charge is 0.140 e. The van der Waals surface area contributed by atoms with Crippen LogP contribution in [0.15, 0.2) is 10.2 Å². The van der Waals surface area contributed by atoms with Crippen LogP contribution in [0.5, 0.6) is 0 Å². The SMILES string of the molecule is CC1(C2(Cl)N=N2)CCC1. The lowest BCUT2D eigenvalue weighted by Gasteiger charge is -2.39. The molecule has 9 heavy (non-hydrogen) atoms. The van der Waals surface area contributed by atoms with Crippen molar-refractivity contribution in [1.82, 2.24) is 0 Å². The molecule has 2 aliphatic rings. The molecular formula is C6H9ClN2. The van der Waals surface area contributed by atoms with Crippen LogP contribution in [0.2, 0.25) is 0 Å². The van der Waals surface area contributed by atoms with E-state index in [1.165, 1.54) is 19.3 Å². The number of rotatable bonds is 1. The van der Waals surface area contributed by atoms with Gasteiger partial charge in [-0.15, -0.1) is 10.2 Å². The molecular weight excluding hydrogens is 136 g/mol. The van der Waals surface area contributed by atoms with Gasteiger partial charge in [0.05, 0.1) is 0 Å². The van der Waals surface area contributed by atoms with Gasteiger partial charge in [-0.2, -0.15) is 0 Å². The molecule has 1 aliphatic carbocycles. The molecule has 1 aliphatic heterocycles. The first kappa shape index (κ1) is 5.66. The third kappa shape index (κ3) is 0.571. The first-order valence-electron chi connectivity index (χ1n) is 3.29. The molecule has 0 aromatic heterocycles. The van der Waals surface area contributed by atoms with Crippen molar-refractivity contribution in [1.29, 1.82) is 0 Å². The quantitative estimate of drug-likeness (QED) is 0.399. The molecule has 50 valence electrons. The van der Waals surface area contributed by atoms with Crippen LogP contribution in [0, 0.1) is 5.41 Å². The van der Waals surface area contributed by atoms with Gasteiger partial charge in [0, 0.05) is 5.41 Å². The molecule has 0 N–H and O–H groups in total. The Morgan fingerprint density at radius 3 is 2.00 bits per heavy atom. The molecule has 0 aromatic rings. The Morgan fingerprint density at radius 2 is 1.89 bits per heavy atom. The van der Waals surface area contributed by atoms with Gasteiger partial charge < -0.3 is 0 Å². The Morgan fingerprint density at radius 1 is 1.33 bits per heavy atom. The van der Waals surface area contributed by atoms with Gasteiger partial charge in [0.2, 0.25) is 0 Å². The zero-order valence-electron chi connectivity index (χ0n) is 5.39. The van der Waals surface area contributed by atoms with Crippen LogP contribution >= 0.6 is 11.6 Å². The first-order valence-corrected chi connectivity index (χ1v) is 3.67. The average Bonchev–Trinajstić information content (AvgIpc) is 2.43. The molecule has 1 fully saturated rings. The van der Waals surface area contributed by atoms with Crippen LogP contribution in [-0.2, 0) is 0 Å². The Balaban J connectivity index is 2.12. The van der Waals surface area contributed by atoms with Gasteiger partial charge in [-0.25, -0.2) is 0 Å². The third-order valence-corrected chi connectivity index (χ3v) is 3.11. The summed E-state index contributed by atoms with van der Waals surface area (Å²) in [5.41, 5.74) is 0.203. The predicted molar refractivity (Wildman–Crippen MR) is 35.4 cm³/mol. The summed E-state index contributed by atoms with van der Waals surface area (Å²) in [6.07, 6.45) is 3.66. The summed E-state index contributed by atoms with van der Waals surface area (Å²) < 4.78 is 0. The van der Waals surface area contributed by atoms with E-state index in [9.17, 15) is 0 Å². The Kier molecular flexibility index (Phi) is 0.825. The molecule has 0 saturated heterocycles. The van der Waals surface area contributed by atoms with Crippen molar-refractivity contribution in [3.63, 3.8) is 0 Å². The molecule has 0 spiro atoms. The summed E-state index contributed by atoms with van der Waals surface area (Å²) >= 11 is 5.95. The van der Waals surface area contributed by atoms with E-state index in [1.807, 2.05) is 0 Å². The topological polar surface area (TPSA) is 24.7 Å². The summed E-state index contributed by atoms with van der Waals surface area (Å²) in [4.78, 5) is 0. The van der Waals surface area contributed by atoms with Crippen molar-refractivity contribution < 1.29 is 0 Å². The van der Waals surface area contributed by atoms with E-state index in [2.05, 4.69) is 17.2 Å². The molecule has 0 atom stereocenters. The van der Waals surface area contributed by atoms with E-state index in [0.29, 0.717) is 0 Å². The van der Waals surface area contributed by atoms with Gasteiger partial charge in [-0.3, -0.25) is 0 Å². The molecule has 3 heteroatoms. The third-order valence-electron chi connectivity index (χ3n) is 2.50. The maximum absolute atomic E-state index is 5.95. The highest BCUT2D eigenvalue weighted by atomic mass is 35.5.